The Morgan fingerprint density at radius 2 is 1.78 bits per heavy atom. The lowest BCUT2D eigenvalue weighted by Gasteiger charge is -2.37. The molecule has 5 heteroatoms. The van der Waals surface area contributed by atoms with Gasteiger partial charge >= 0.3 is 0 Å². The second kappa shape index (κ2) is 5.17. The Labute approximate surface area is 141 Å². The van der Waals surface area contributed by atoms with E-state index in [1.165, 1.54) is 21.7 Å². The van der Waals surface area contributed by atoms with Crippen molar-refractivity contribution in [1.29, 1.82) is 5.26 Å². The van der Waals surface area contributed by atoms with Crippen LogP contribution in [0, 0.1) is 11.3 Å². The van der Waals surface area contributed by atoms with E-state index in [0.29, 0.717) is 16.1 Å². The van der Waals surface area contributed by atoms with Crippen LogP contribution in [-0.4, -0.2) is 35.9 Å². The summed E-state index contributed by atoms with van der Waals surface area (Å²) in [6.45, 7) is 2.24. The van der Waals surface area contributed by atoms with Gasteiger partial charge in [0, 0.05) is 25.8 Å². The summed E-state index contributed by atoms with van der Waals surface area (Å²) >= 11 is 5.25. The summed E-state index contributed by atoms with van der Waals surface area (Å²) in [7, 11) is 1.64. The van der Waals surface area contributed by atoms with Gasteiger partial charge in [0.05, 0.1) is 5.57 Å². The van der Waals surface area contributed by atoms with E-state index < -0.39 is 0 Å². The minimum atomic E-state index is -0.165. The van der Waals surface area contributed by atoms with Crippen molar-refractivity contribution in [2.45, 2.75) is 25.7 Å². The number of thiocarbonyl (C=S) groups is 1. The predicted molar refractivity (Wildman–Crippen MR) is 93.2 cm³/mol. The number of rotatable bonds is 1. The largest absolute Gasteiger partial charge is 0.371 e. The van der Waals surface area contributed by atoms with Crippen LogP contribution in [0.3, 0.4) is 0 Å². The third-order valence-electron chi connectivity index (χ3n) is 5.02. The van der Waals surface area contributed by atoms with Gasteiger partial charge in [-0.2, -0.15) is 5.26 Å². The van der Waals surface area contributed by atoms with Gasteiger partial charge in [0.2, 0.25) is 0 Å². The molecule has 3 aliphatic rings. The summed E-state index contributed by atoms with van der Waals surface area (Å²) in [5, 5.41) is 9.44. The Hall–Kier alpha value is -2.19. The van der Waals surface area contributed by atoms with Gasteiger partial charge in [-0.15, -0.1) is 0 Å². The van der Waals surface area contributed by atoms with Gasteiger partial charge in [-0.05, 0) is 54.5 Å². The smallest absolute Gasteiger partial charge is 0.260 e. The van der Waals surface area contributed by atoms with Gasteiger partial charge in [0.1, 0.15) is 16.6 Å². The van der Waals surface area contributed by atoms with Crippen LogP contribution in [0.25, 0.3) is 5.57 Å². The van der Waals surface area contributed by atoms with Gasteiger partial charge in [-0.3, -0.25) is 4.79 Å². The van der Waals surface area contributed by atoms with E-state index in [2.05, 4.69) is 23.1 Å². The van der Waals surface area contributed by atoms with Gasteiger partial charge in [-0.1, -0.05) is 12.2 Å². The molecule has 0 unspecified atom stereocenters. The number of aryl methyl sites for hydroxylation is 2. The van der Waals surface area contributed by atoms with E-state index in [-0.39, 0.29) is 5.91 Å². The summed E-state index contributed by atoms with van der Waals surface area (Å²) in [6.07, 6.45) is 4.37. The average molecular weight is 323 g/mol. The lowest BCUT2D eigenvalue weighted by Crippen LogP contribution is -2.34. The molecule has 1 aromatic carbocycles. The fourth-order valence-corrected chi connectivity index (χ4v) is 4.19. The van der Waals surface area contributed by atoms with Gasteiger partial charge in [0.15, 0.2) is 0 Å². The first kappa shape index (κ1) is 14.4. The highest BCUT2D eigenvalue weighted by Crippen LogP contribution is 2.39. The summed E-state index contributed by atoms with van der Waals surface area (Å²) < 4.78 is 0. The molecule has 1 amide bonds. The molecular formula is C18H17N3OS. The molecule has 23 heavy (non-hydrogen) atoms. The number of hydrogen-bond acceptors (Lipinski definition) is 4. The number of anilines is 1. The Balaban J connectivity index is 1.91. The standard InChI is InChI=1S/C18H17N3OS/c1-20-17(22)15(14(10-19)18(20)23)13-8-11-4-2-6-21-7-3-5-12(9-13)16(11)21/h8-9H,2-7H2,1H3. The molecule has 0 spiro atoms. The molecule has 0 saturated carbocycles. The molecule has 0 bridgehead atoms. The van der Waals surface area contributed by atoms with Crippen molar-refractivity contribution in [3.8, 4) is 6.07 Å². The molecular weight excluding hydrogens is 306 g/mol. The van der Waals surface area contributed by atoms with Crippen molar-refractivity contribution >= 4 is 34.4 Å². The van der Waals surface area contributed by atoms with E-state index in [4.69, 9.17) is 12.2 Å². The summed E-state index contributed by atoms with van der Waals surface area (Å²) in [4.78, 5) is 16.8. The number of amides is 1. The molecule has 3 heterocycles. The predicted octanol–water partition coefficient (Wildman–Crippen LogP) is 2.46. The molecule has 0 atom stereocenters. The number of carbonyl (C=O) groups excluding carboxylic acids is 1. The van der Waals surface area contributed by atoms with Crippen LogP contribution in [0.2, 0.25) is 0 Å². The van der Waals surface area contributed by atoms with E-state index in [1.54, 1.807) is 7.05 Å². The zero-order valence-corrected chi connectivity index (χ0v) is 13.9. The van der Waals surface area contributed by atoms with Crippen molar-refractivity contribution in [3.63, 3.8) is 0 Å². The number of carbonyl (C=O) groups is 1. The van der Waals surface area contributed by atoms with Crippen LogP contribution < -0.4 is 4.90 Å². The van der Waals surface area contributed by atoms with E-state index >= 15 is 0 Å². The number of nitriles is 1. The molecule has 0 aliphatic carbocycles. The lowest BCUT2D eigenvalue weighted by atomic mass is 9.87. The van der Waals surface area contributed by atoms with Crippen molar-refractivity contribution in [3.05, 3.63) is 34.4 Å². The fraction of sp³-hybridized carbons (Fsp3) is 0.389. The van der Waals surface area contributed by atoms with Crippen LogP contribution in [0.5, 0.6) is 0 Å². The topological polar surface area (TPSA) is 47.3 Å². The number of nitrogens with zero attached hydrogens (tertiary/aromatic N) is 3. The molecule has 3 aliphatic heterocycles. The van der Waals surface area contributed by atoms with Crippen molar-refractivity contribution < 1.29 is 4.79 Å². The van der Waals surface area contributed by atoms with Crippen LogP contribution in [0.15, 0.2) is 17.7 Å². The van der Waals surface area contributed by atoms with Crippen molar-refractivity contribution in [2.24, 2.45) is 0 Å². The monoisotopic (exact) mass is 323 g/mol. The van der Waals surface area contributed by atoms with Gasteiger partial charge in [0.25, 0.3) is 5.91 Å². The maximum atomic E-state index is 12.6. The highest BCUT2D eigenvalue weighted by atomic mass is 32.1. The highest BCUT2D eigenvalue weighted by molar-refractivity contribution is 7.80. The first-order valence-corrected chi connectivity index (χ1v) is 8.40. The Morgan fingerprint density at radius 3 is 2.35 bits per heavy atom. The summed E-state index contributed by atoms with van der Waals surface area (Å²) in [5.74, 6) is -0.165. The number of likely N-dealkylation sites (N-methyl/N-ethyl adjacent to an activating group) is 1. The van der Waals surface area contributed by atoms with Crippen LogP contribution >= 0.6 is 12.2 Å². The molecule has 0 radical (unpaired) electrons. The van der Waals surface area contributed by atoms with E-state index in [1.807, 2.05) is 0 Å². The van der Waals surface area contributed by atoms with E-state index in [0.717, 1.165) is 44.3 Å². The first-order chi connectivity index (χ1) is 11.1. The minimum Gasteiger partial charge on any atom is -0.371 e. The van der Waals surface area contributed by atoms with Crippen LogP contribution in [0.4, 0.5) is 5.69 Å². The van der Waals surface area contributed by atoms with Crippen molar-refractivity contribution in [2.75, 3.05) is 25.0 Å². The summed E-state index contributed by atoms with van der Waals surface area (Å²) in [5.41, 5.74) is 5.65. The molecule has 1 aromatic rings. The van der Waals surface area contributed by atoms with Crippen molar-refractivity contribution in [1.82, 2.24) is 4.90 Å². The normalized spacial score (nSPS) is 20.0. The molecule has 4 nitrogen and oxygen atoms in total. The van der Waals surface area contributed by atoms with Gasteiger partial charge < -0.3 is 9.80 Å². The fourth-order valence-electron chi connectivity index (χ4n) is 3.96. The zero-order valence-electron chi connectivity index (χ0n) is 13.1. The minimum absolute atomic E-state index is 0.165. The summed E-state index contributed by atoms with van der Waals surface area (Å²) in [6, 6.07) is 6.33. The average Bonchev–Trinajstić information content (AvgIpc) is 2.79. The Kier molecular flexibility index (Phi) is 3.24. The molecule has 116 valence electrons. The third-order valence-corrected chi connectivity index (χ3v) is 5.50. The molecule has 0 aromatic heterocycles. The quantitative estimate of drug-likeness (QED) is 0.745. The van der Waals surface area contributed by atoms with E-state index in [9.17, 15) is 10.1 Å². The SMILES string of the molecule is CN1C(=O)C(c2cc3c4c(c2)CCCN4CCC3)=C(C#N)C1=S. The molecule has 0 saturated heterocycles. The van der Waals surface area contributed by atoms with Crippen LogP contribution in [-0.2, 0) is 17.6 Å². The molecule has 0 N–H and O–H groups in total. The first-order valence-electron chi connectivity index (χ1n) is 7.99. The maximum absolute atomic E-state index is 12.6. The maximum Gasteiger partial charge on any atom is 0.260 e. The second-order valence-electron chi connectivity index (χ2n) is 6.37. The highest BCUT2D eigenvalue weighted by Gasteiger charge is 2.35. The van der Waals surface area contributed by atoms with Crippen LogP contribution in [0.1, 0.15) is 29.5 Å². The Bertz CT molecular complexity index is 787. The number of benzene rings is 1. The molecule has 4 rings (SSSR count). The van der Waals surface area contributed by atoms with Gasteiger partial charge in [-0.25, -0.2) is 0 Å². The molecule has 0 fully saturated rings. The number of hydrogen-bond donors (Lipinski definition) is 0. The second-order valence-corrected chi connectivity index (χ2v) is 6.76. The Morgan fingerprint density at radius 1 is 1.17 bits per heavy atom. The third kappa shape index (κ3) is 2.02. The lowest BCUT2D eigenvalue weighted by molar-refractivity contribution is -0.120. The zero-order chi connectivity index (χ0) is 16.1.